The molecule has 2 aromatic rings. The molecule has 1 heterocycles. The highest BCUT2D eigenvalue weighted by Gasteiger charge is 2.15. The van der Waals surface area contributed by atoms with Crippen LogP contribution in [0.5, 0.6) is 5.75 Å². The first-order valence-corrected chi connectivity index (χ1v) is 5.87. The summed E-state index contributed by atoms with van der Waals surface area (Å²) in [4.78, 5) is 11.4. The SMILES string of the molecule is CCOC(=O)[C@@H](C)Oc1ccc(-n2cnnn2)cc1. The Morgan fingerprint density at radius 3 is 2.68 bits per heavy atom. The predicted octanol–water partition coefficient (Wildman–Crippen LogP) is 0.993. The van der Waals surface area contributed by atoms with E-state index >= 15 is 0 Å². The van der Waals surface area contributed by atoms with Gasteiger partial charge in [0.2, 0.25) is 0 Å². The van der Waals surface area contributed by atoms with Crippen LogP contribution in [-0.4, -0.2) is 38.9 Å². The molecule has 0 spiro atoms. The highest BCUT2D eigenvalue weighted by atomic mass is 16.6. The van der Waals surface area contributed by atoms with Crippen molar-refractivity contribution in [2.75, 3.05) is 6.61 Å². The van der Waals surface area contributed by atoms with E-state index < -0.39 is 6.10 Å². The van der Waals surface area contributed by atoms with E-state index in [1.54, 1.807) is 38.1 Å². The highest BCUT2D eigenvalue weighted by Crippen LogP contribution is 2.16. The van der Waals surface area contributed by atoms with E-state index in [1.165, 1.54) is 11.0 Å². The molecular weight excluding hydrogens is 248 g/mol. The maximum Gasteiger partial charge on any atom is 0.347 e. The fourth-order valence-corrected chi connectivity index (χ4v) is 1.47. The van der Waals surface area contributed by atoms with E-state index in [4.69, 9.17) is 9.47 Å². The zero-order chi connectivity index (χ0) is 13.7. The molecule has 0 bridgehead atoms. The molecule has 1 atom stereocenters. The van der Waals surface area contributed by atoms with Gasteiger partial charge in [-0.15, -0.1) is 5.10 Å². The molecule has 0 aliphatic heterocycles. The van der Waals surface area contributed by atoms with Gasteiger partial charge in [0.15, 0.2) is 6.10 Å². The molecule has 0 radical (unpaired) electrons. The minimum Gasteiger partial charge on any atom is -0.479 e. The smallest absolute Gasteiger partial charge is 0.347 e. The molecule has 1 aromatic carbocycles. The average molecular weight is 262 g/mol. The molecule has 0 aliphatic rings. The molecule has 0 amide bonds. The molecule has 7 heteroatoms. The quantitative estimate of drug-likeness (QED) is 0.748. The summed E-state index contributed by atoms with van der Waals surface area (Å²) in [5.41, 5.74) is 0.807. The molecule has 100 valence electrons. The lowest BCUT2D eigenvalue weighted by Gasteiger charge is -2.13. The Hall–Kier alpha value is -2.44. The van der Waals surface area contributed by atoms with Crippen LogP contribution in [-0.2, 0) is 9.53 Å². The topological polar surface area (TPSA) is 79.1 Å². The van der Waals surface area contributed by atoms with Gasteiger partial charge in [0, 0.05) is 0 Å². The van der Waals surface area contributed by atoms with Crippen LogP contribution in [0.25, 0.3) is 5.69 Å². The molecule has 0 saturated heterocycles. The fraction of sp³-hybridized carbons (Fsp3) is 0.333. The minimum atomic E-state index is -0.640. The number of hydrogen-bond acceptors (Lipinski definition) is 6. The molecule has 0 fully saturated rings. The number of hydrogen-bond donors (Lipinski definition) is 0. The van der Waals surface area contributed by atoms with Crippen LogP contribution >= 0.6 is 0 Å². The van der Waals surface area contributed by atoms with Gasteiger partial charge in [0.05, 0.1) is 12.3 Å². The van der Waals surface area contributed by atoms with Crippen molar-refractivity contribution in [3.8, 4) is 11.4 Å². The second kappa shape index (κ2) is 5.94. The van der Waals surface area contributed by atoms with Crippen LogP contribution in [0, 0.1) is 0 Å². The van der Waals surface area contributed by atoms with Gasteiger partial charge >= 0.3 is 5.97 Å². The minimum absolute atomic E-state index is 0.338. The second-order valence-electron chi connectivity index (χ2n) is 3.76. The van der Waals surface area contributed by atoms with Gasteiger partial charge < -0.3 is 9.47 Å². The van der Waals surface area contributed by atoms with Gasteiger partial charge in [-0.25, -0.2) is 9.48 Å². The molecule has 0 N–H and O–H groups in total. The van der Waals surface area contributed by atoms with E-state index in [1.807, 2.05) is 0 Å². The van der Waals surface area contributed by atoms with Crippen molar-refractivity contribution in [1.29, 1.82) is 0 Å². The molecule has 1 aromatic heterocycles. The Bertz CT molecular complexity index is 524. The summed E-state index contributed by atoms with van der Waals surface area (Å²) in [6.45, 7) is 3.74. The third-order valence-corrected chi connectivity index (χ3v) is 2.38. The summed E-state index contributed by atoms with van der Waals surface area (Å²) in [7, 11) is 0. The molecule has 0 unspecified atom stereocenters. The van der Waals surface area contributed by atoms with Crippen LogP contribution in [0.1, 0.15) is 13.8 Å². The summed E-state index contributed by atoms with van der Waals surface area (Å²) in [6.07, 6.45) is 0.857. The summed E-state index contributed by atoms with van der Waals surface area (Å²) in [5.74, 6) is 0.199. The van der Waals surface area contributed by atoms with Crippen LogP contribution in [0.2, 0.25) is 0 Å². The number of benzene rings is 1. The fourth-order valence-electron chi connectivity index (χ4n) is 1.47. The number of ether oxygens (including phenoxy) is 2. The number of carbonyl (C=O) groups is 1. The van der Waals surface area contributed by atoms with Gasteiger partial charge in [0.25, 0.3) is 0 Å². The summed E-state index contributed by atoms with van der Waals surface area (Å²) >= 11 is 0. The number of aromatic nitrogens is 4. The monoisotopic (exact) mass is 262 g/mol. The molecule has 19 heavy (non-hydrogen) atoms. The highest BCUT2D eigenvalue weighted by molar-refractivity contribution is 5.74. The van der Waals surface area contributed by atoms with Gasteiger partial charge in [-0.2, -0.15) is 0 Å². The average Bonchev–Trinajstić information content (AvgIpc) is 2.94. The van der Waals surface area contributed by atoms with Gasteiger partial charge in [0.1, 0.15) is 12.1 Å². The standard InChI is InChI=1S/C12H14N4O3/c1-3-18-12(17)9(2)19-11-6-4-10(5-7-11)16-8-13-14-15-16/h4-9H,3H2,1-2H3/t9-/m1/s1. The van der Waals surface area contributed by atoms with E-state index in [9.17, 15) is 4.79 Å². The van der Waals surface area contributed by atoms with Gasteiger partial charge in [-0.1, -0.05) is 0 Å². The zero-order valence-electron chi connectivity index (χ0n) is 10.7. The lowest BCUT2D eigenvalue weighted by Crippen LogP contribution is -2.26. The predicted molar refractivity (Wildman–Crippen MR) is 65.9 cm³/mol. The van der Waals surface area contributed by atoms with Crippen LogP contribution in [0.3, 0.4) is 0 Å². The number of nitrogens with zero attached hydrogens (tertiary/aromatic N) is 4. The van der Waals surface area contributed by atoms with E-state index in [2.05, 4.69) is 15.5 Å². The Balaban J connectivity index is 2.01. The number of rotatable bonds is 5. The Morgan fingerprint density at radius 1 is 1.37 bits per heavy atom. The van der Waals surface area contributed by atoms with Crippen molar-refractivity contribution in [2.24, 2.45) is 0 Å². The van der Waals surface area contributed by atoms with Crippen LogP contribution in [0.4, 0.5) is 0 Å². The van der Waals surface area contributed by atoms with Gasteiger partial charge in [-0.05, 0) is 48.5 Å². The van der Waals surface area contributed by atoms with Crippen molar-refractivity contribution >= 4 is 5.97 Å². The van der Waals surface area contributed by atoms with Gasteiger partial charge in [-0.3, -0.25) is 0 Å². The van der Waals surface area contributed by atoms with Crippen molar-refractivity contribution < 1.29 is 14.3 Å². The van der Waals surface area contributed by atoms with E-state index in [0.29, 0.717) is 12.4 Å². The maximum absolute atomic E-state index is 11.4. The van der Waals surface area contributed by atoms with Crippen molar-refractivity contribution in [3.05, 3.63) is 30.6 Å². The first-order chi connectivity index (χ1) is 9.20. The molecule has 0 aliphatic carbocycles. The summed E-state index contributed by atoms with van der Waals surface area (Å²) in [6, 6.07) is 7.08. The molecule has 2 rings (SSSR count). The normalized spacial score (nSPS) is 11.9. The van der Waals surface area contributed by atoms with Crippen LogP contribution < -0.4 is 4.74 Å². The molecule has 0 saturated carbocycles. The first-order valence-electron chi connectivity index (χ1n) is 5.87. The maximum atomic E-state index is 11.4. The largest absolute Gasteiger partial charge is 0.479 e. The third-order valence-electron chi connectivity index (χ3n) is 2.38. The van der Waals surface area contributed by atoms with Crippen LogP contribution in [0.15, 0.2) is 30.6 Å². The van der Waals surface area contributed by atoms with Crippen molar-refractivity contribution in [2.45, 2.75) is 20.0 Å². The number of esters is 1. The number of carbonyl (C=O) groups excluding carboxylic acids is 1. The third kappa shape index (κ3) is 3.27. The lowest BCUT2D eigenvalue weighted by atomic mass is 10.3. The number of tetrazole rings is 1. The molecular formula is C12H14N4O3. The Morgan fingerprint density at radius 2 is 2.11 bits per heavy atom. The molecule has 7 nitrogen and oxygen atoms in total. The Kier molecular flexibility index (Phi) is 4.07. The first kappa shape index (κ1) is 13.0. The van der Waals surface area contributed by atoms with E-state index in [0.717, 1.165) is 5.69 Å². The summed E-state index contributed by atoms with van der Waals surface area (Å²) < 4.78 is 11.9. The summed E-state index contributed by atoms with van der Waals surface area (Å²) in [5, 5.41) is 10.9. The van der Waals surface area contributed by atoms with Crippen molar-refractivity contribution in [3.63, 3.8) is 0 Å². The van der Waals surface area contributed by atoms with Crippen molar-refractivity contribution in [1.82, 2.24) is 20.2 Å². The lowest BCUT2D eigenvalue weighted by molar-refractivity contribution is -0.150. The zero-order valence-corrected chi connectivity index (χ0v) is 10.7. The second-order valence-corrected chi connectivity index (χ2v) is 3.76. The Labute approximate surface area is 110 Å². The van der Waals surface area contributed by atoms with E-state index in [-0.39, 0.29) is 5.97 Å².